The van der Waals surface area contributed by atoms with Crippen molar-refractivity contribution in [3.8, 4) is 0 Å². The quantitative estimate of drug-likeness (QED) is 0.557. The molecule has 0 fully saturated rings. The van der Waals surface area contributed by atoms with E-state index in [0.29, 0.717) is 0 Å². The number of rotatable bonds is 8. The molecule has 0 amide bonds. The van der Waals surface area contributed by atoms with Crippen LogP contribution < -0.4 is 0 Å². The van der Waals surface area contributed by atoms with Crippen LogP contribution in [0.1, 0.15) is 59.8 Å². The fraction of sp³-hybridized carbons (Fsp3) is 1.00. The van der Waals surface area contributed by atoms with E-state index in [-0.39, 0.29) is 0 Å². The van der Waals surface area contributed by atoms with E-state index in [4.69, 9.17) is 0 Å². The van der Waals surface area contributed by atoms with E-state index in [9.17, 15) is 0 Å². The van der Waals surface area contributed by atoms with Crippen molar-refractivity contribution in [1.29, 1.82) is 0 Å². The predicted molar refractivity (Wildman–Crippen MR) is 61.1 cm³/mol. The summed E-state index contributed by atoms with van der Waals surface area (Å²) in [6.45, 7) is 11.7. The van der Waals surface area contributed by atoms with Crippen LogP contribution in [0.5, 0.6) is 0 Å². The van der Waals surface area contributed by atoms with Gasteiger partial charge in [-0.15, -0.1) is 0 Å². The highest BCUT2D eigenvalue weighted by Gasteiger charge is 2.12. The lowest BCUT2D eigenvalue weighted by Gasteiger charge is -2.29. The third-order valence-electron chi connectivity index (χ3n) is 2.81. The SMILES string of the molecule is CCCCN(CC)C(CC)CCC. The van der Waals surface area contributed by atoms with E-state index in [1.807, 2.05) is 0 Å². The van der Waals surface area contributed by atoms with E-state index in [1.165, 1.54) is 45.2 Å². The van der Waals surface area contributed by atoms with Gasteiger partial charge in [0.25, 0.3) is 0 Å². The van der Waals surface area contributed by atoms with Gasteiger partial charge in [0.15, 0.2) is 0 Å². The monoisotopic (exact) mass is 185 g/mol. The summed E-state index contributed by atoms with van der Waals surface area (Å²) in [6.07, 6.45) is 6.67. The molecule has 13 heavy (non-hydrogen) atoms. The van der Waals surface area contributed by atoms with E-state index >= 15 is 0 Å². The lowest BCUT2D eigenvalue weighted by molar-refractivity contribution is 0.187. The number of hydrogen-bond acceptors (Lipinski definition) is 1. The summed E-state index contributed by atoms with van der Waals surface area (Å²) in [4.78, 5) is 2.65. The number of nitrogens with zero attached hydrogens (tertiary/aromatic N) is 1. The molecule has 1 nitrogen and oxygen atoms in total. The van der Waals surface area contributed by atoms with Gasteiger partial charge in [-0.1, -0.05) is 40.5 Å². The van der Waals surface area contributed by atoms with Crippen molar-refractivity contribution in [2.24, 2.45) is 0 Å². The summed E-state index contributed by atoms with van der Waals surface area (Å²) < 4.78 is 0. The molecule has 0 heterocycles. The molecule has 1 atom stereocenters. The van der Waals surface area contributed by atoms with Crippen molar-refractivity contribution < 1.29 is 0 Å². The van der Waals surface area contributed by atoms with Crippen LogP contribution in [0.4, 0.5) is 0 Å². The van der Waals surface area contributed by atoms with Gasteiger partial charge in [0.1, 0.15) is 0 Å². The molecular weight excluding hydrogens is 158 g/mol. The Balaban J connectivity index is 3.84. The van der Waals surface area contributed by atoms with Crippen molar-refractivity contribution in [2.45, 2.75) is 65.8 Å². The highest BCUT2D eigenvalue weighted by molar-refractivity contribution is 4.68. The van der Waals surface area contributed by atoms with Gasteiger partial charge in [0, 0.05) is 6.04 Å². The van der Waals surface area contributed by atoms with Crippen LogP contribution in [-0.2, 0) is 0 Å². The van der Waals surface area contributed by atoms with Crippen LogP contribution in [0, 0.1) is 0 Å². The molecule has 0 rings (SSSR count). The van der Waals surface area contributed by atoms with Gasteiger partial charge in [-0.3, -0.25) is 0 Å². The molecule has 0 aliphatic rings. The van der Waals surface area contributed by atoms with Crippen LogP contribution >= 0.6 is 0 Å². The Hall–Kier alpha value is -0.0400. The molecule has 0 aromatic rings. The van der Waals surface area contributed by atoms with Crippen molar-refractivity contribution in [1.82, 2.24) is 4.90 Å². The fourth-order valence-corrected chi connectivity index (χ4v) is 1.94. The zero-order valence-electron chi connectivity index (χ0n) is 9.97. The van der Waals surface area contributed by atoms with Crippen molar-refractivity contribution in [3.63, 3.8) is 0 Å². The Morgan fingerprint density at radius 3 is 2.08 bits per heavy atom. The maximum Gasteiger partial charge on any atom is 0.00924 e. The highest BCUT2D eigenvalue weighted by Crippen LogP contribution is 2.11. The molecule has 0 aromatic carbocycles. The lowest BCUT2D eigenvalue weighted by Crippen LogP contribution is -2.35. The van der Waals surface area contributed by atoms with Gasteiger partial charge in [-0.05, 0) is 32.4 Å². The second-order valence-electron chi connectivity index (χ2n) is 3.83. The smallest absolute Gasteiger partial charge is 0.00924 e. The Morgan fingerprint density at radius 2 is 1.69 bits per heavy atom. The fourth-order valence-electron chi connectivity index (χ4n) is 1.94. The predicted octanol–water partition coefficient (Wildman–Crippen LogP) is 3.69. The summed E-state index contributed by atoms with van der Waals surface area (Å²) in [5.74, 6) is 0. The van der Waals surface area contributed by atoms with Gasteiger partial charge >= 0.3 is 0 Å². The van der Waals surface area contributed by atoms with Gasteiger partial charge in [0.2, 0.25) is 0 Å². The molecule has 1 heteroatoms. The van der Waals surface area contributed by atoms with Crippen LogP contribution in [0.2, 0.25) is 0 Å². The van der Waals surface area contributed by atoms with Crippen molar-refractivity contribution in [2.75, 3.05) is 13.1 Å². The zero-order chi connectivity index (χ0) is 10.1. The molecule has 0 aliphatic carbocycles. The summed E-state index contributed by atoms with van der Waals surface area (Å²) >= 11 is 0. The Bertz CT molecular complexity index is 101. The molecule has 0 saturated heterocycles. The number of unbranched alkanes of at least 4 members (excludes halogenated alkanes) is 1. The first-order valence-electron chi connectivity index (χ1n) is 6.04. The average molecular weight is 185 g/mol. The van der Waals surface area contributed by atoms with E-state index in [1.54, 1.807) is 0 Å². The molecule has 0 spiro atoms. The third kappa shape index (κ3) is 5.30. The molecule has 1 unspecified atom stereocenters. The molecule has 80 valence electrons. The summed E-state index contributed by atoms with van der Waals surface area (Å²) in [7, 11) is 0. The highest BCUT2D eigenvalue weighted by atomic mass is 15.1. The van der Waals surface area contributed by atoms with Gasteiger partial charge < -0.3 is 4.90 Å². The van der Waals surface area contributed by atoms with Crippen molar-refractivity contribution in [3.05, 3.63) is 0 Å². The zero-order valence-corrected chi connectivity index (χ0v) is 9.97. The molecule has 0 radical (unpaired) electrons. The summed E-state index contributed by atoms with van der Waals surface area (Å²) in [5.41, 5.74) is 0. The van der Waals surface area contributed by atoms with Crippen molar-refractivity contribution >= 4 is 0 Å². The molecule has 0 bridgehead atoms. The van der Waals surface area contributed by atoms with Crippen LogP contribution in [0.3, 0.4) is 0 Å². The standard InChI is InChI=1S/C12H27N/c1-5-9-11-13(8-4)12(7-3)10-6-2/h12H,5-11H2,1-4H3. The van der Waals surface area contributed by atoms with Crippen LogP contribution in [0.25, 0.3) is 0 Å². The minimum Gasteiger partial charge on any atom is -0.301 e. The minimum absolute atomic E-state index is 0.835. The first-order chi connectivity index (χ1) is 6.29. The van der Waals surface area contributed by atoms with Gasteiger partial charge in [-0.25, -0.2) is 0 Å². The average Bonchev–Trinajstić information content (AvgIpc) is 2.17. The molecule has 0 saturated carbocycles. The molecule has 0 N–H and O–H groups in total. The minimum atomic E-state index is 0.835. The molecule has 0 aliphatic heterocycles. The first kappa shape index (κ1) is 13.0. The molecular formula is C12H27N. The Kier molecular flexibility index (Phi) is 8.53. The van der Waals surface area contributed by atoms with E-state index < -0.39 is 0 Å². The van der Waals surface area contributed by atoms with Crippen LogP contribution in [0.15, 0.2) is 0 Å². The van der Waals surface area contributed by atoms with Gasteiger partial charge in [0.05, 0.1) is 0 Å². The summed E-state index contributed by atoms with van der Waals surface area (Å²) in [5, 5.41) is 0. The second kappa shape index (κ2) is 8.55. The number of hydrogen-bond donors (Lipinski definition) is 0. The van der Waals surface area contributed by atoms with E-state index in [2.05, 4.69) is 32.6 Å². The lowest BCUT2D eigenvalue weighted by atomic mass is 10.1. The summed E-state index contributed by atoms with van der Waals surface area (Å²) in [6, 6.07) is 0.835. The van der Waals surface area contributed by atoms with Crippen LogP contribution in [-0.4, -0.2) is 24.0 Å². The normalized spacial score (nSPS) is 13.6. The maximum atomic E-state index is 2.65. The molecule has 0 aromatic heterocycles. The third-order valence-corrected chi connectivity index (χ3v) is 2.81. The first-order valence-corrected chi connectivity index (χ1v) is 6.04. The topological polar surface area (TPSA) is 3.24 Å². The largest absolute Gasteiger partial charge is 0.301 e. The maximum absolute atomic E-state index is 2.65. The Labute approximate surface area is 84.5 Å². The van der Waals surface area contributed by atoms with E-state index in [0.717, 1.165) is 6.04 Å². The Morgan fingerprint density at radius 1 is 1.00 bits per heavy atom. The van der Waals surface area contributed by atoms with Gasteiger partial charge in [-0.2, -0.15) is 0 Å². The second-order valence-corrected chi connectivity index (χ2v) is 3.83.